The number of hydrogen-bond donors (Lipinski definition) is 1. The van der Waals surface area contributed by atoms with Crippen molar-refractivity contribution in [1.29, 1.82) is 0 Å². The second-order valence-corrected chi connectivity index (χ2v) is 4.28. The van der Waals surface area contributed by atoms with E-state index in [4.69, 9.17) is 10.5 Å². The van der Waals surface area contributed by atoms with Crippen LogP contribution in [0.3, 0.4) is 0 Å². The van der Waals surface area contributed by atoms with Gasteiger partial charge in [-0.1, -0.05) is 0 Å². The molecule has 0 radical (unpaired) electrons. The molecule has 1 rings (SSSR count). The molecule has 1 aliphatic heterocycles. The van der Waals surface area contributed by atoms with Crippen molar-refractivity contribution in [2.45, 2.75) is 25.8 Å². The Kier molecular flexibility index (Phi) is 4.70. The number of ether oxygens (including phenoxy) is 1. The zero-order valence-corrected chi connectivity index (χ0v) is 8.83. The highest BCUT2D eigenvalue weighted by Gasteiger charge is 2.15. The van der Waals surface area contributed by atoms with Gasteiger partial charge in [0.25, 0.3) is 0 Å². The molecule has 1 heterocycles. The van der Waals surface area contributed by atoms with Gasteiger partial charge in [-0.05, 0) is 32.7 Å². The first-order chi connectivity index (χ1) is 6.18. The normalized spacial score (nSPS) is 26.3. The molecule has 1 saturated heterocycles. The van der Waals surface area contributed by atoms with Crippen molar-refractivity contribution in [3.63, 3.8) is 0 Å². The van der Waals surface area contributed by atoms with Crippen molar-refractivity contribution < 1.29 is 4.74 Å². The van der Waals surface area contributed by atoms with Gasteiger partial charge in [0, 0.05) is 25.7 Å². The summed E-state index contributed by atoms with van der Waals surface area (Å²) >= 11 is 0. The third kappa shape index (κ3) is 4.60. The van der Waals surface area contributed by atoms with Crippen LogP contribution in [-0.2, 0) is 4.74 Å². The summed E-state index contributed by atoms with van der Waals surface area (Å²) in [5.41, 5.74) is 5.73. The molecule has 0 amide bonds. The molecule has 1 unspecified atom stereocenters. The van der Waals surface area contributed by atoms with Gasteiger partial charge in [0.1, 0.15) is 0 Å². The fourth-order valence-corrected chi connectivity index (χ4v) is 1.96. The standard InChI is InChI=1S/C10H22N2O/c1-9(11)6-12(2)7-10-4-3-5-13-8-10/h9-10H,3-8,11H2,1-2H3/t9-,10?/m1/s1. The lowest BCUT2D eigenvalue weighted by atomic mass is 10.0. The highest BCUT2D eigenvalue weighted by atomic mass is 16.5. The Hall–Kier alpha value is -0.120. The molecular weight excluding hydrogens is 164 g/mol. The van der Waals surface area contributed by atoms with E-state index < -0.39 is 0 Å². The van der Waals surface area contributed by atoms with E-state index in [9.17, 15) is 0 Å². The van der Waals surface area contributed by atoms with E-state index in [-0.39, 0.29) is 6.04 Å². The van der Waals surface area contributed by atoms with Crippen LogP contribution >= 0.6 is 0 Å². The summed E-state index contributed by atoms with van der Waals surface area (Å²) in [6.45, 7) is 6.04. The van der Waals surface area contributed by atoms with E-state index in [2.05, 4.69) is 11.9 Å². The Bertz CT molecular complexity index is 133. The lowest BCUT2D eigenvalue weighted by Crippen LogP contribution is -2.37. The summed E-state index contributed by atoms with van der Waals surface area (Å²) in [5, 5.41) is 0. The minimum absolute atomic E-state index is 0.273. The Morgan fingerprint density at radius 2 is 2.38 bits per heavy atom. The molecule has 13 heavy (non-hydrogen) atoms. The SMILES string of the molecule is C[C@@H](N)CN(C)CC1CCCOC1. The average Bonchev–Trinajstić information content (AvgIpc) is 2.04. The molecule has 0 aliphatic carbocycles. The quantitative estimate of drug-likeness (QED) is 0.702. The van der Waals surface area contributed by atoms with Crippen LogP contribution in [-0.4, -0.2) is 44.3 Å². The molecule has 0 aromatic carbocycles. The maximum atomic E-state index is 5.73. The fourth-order valence-electron chi connectivity index (χ4n) is 1.96. The van der Waals surface area contributed by atoms with Crippen molar-refractivity contribution >= 4 is 0 Å². The van der Waals surface area contributed by atoms with E-state index >= 15 is 0 Å². The fraction of sp³-hybridized carbons (Fsp3) is 1.00. The van der Waals surface area contributed by atoms with Crippen LogP contribution in [0.1, 0.15) is 19.8 Å². The molecule has 78 valence electrons. The third-order valence-electron chi connectivity index (χ3n) is 2.42. The van der Waals surface area contributed by atoms with E-state index in [0.717, 1.165) is 32.2 Å². The largest absolute Gasteiger partial charge is 0.381 e. The lowest BCUT2D eigenvalue weighted by molar-refractivity contribution is 0.0416. The summed E-state index contributed by atoms with van der Waals surface area (Å²) in [7, 11) is 2.14. The van der Waals surface area contributed by atoms with Crippen LogP contribution in [0.25, 0.3) is 0 Å². The zero-order valence-electron chi connectivity index (χ0n) is 8.83. The number of hydrogen-bond acceptors (Lipinski definition) is 3. The Labute approximate surface area is 81.2 Å². The molecule has 2 atom stereocenters. The highest BCUT2D eigenvalue weighted by molar-refractivity contribution is 4.68. The summed E-state index contributed by atoms with van der Waals surface area (Å²) in [5.74, 6) is 0.720. The minimum Gasteiger partial charge on any atom is -0.381 e. The molecule has 3 heteroatoms. The van der Waals surface area contributed by atoms with Gasteiger partial charge in [0.05, 0.1) is 6.61 Å². The highest BCUT2D eigenvalue weighted by Crippen LogP contribution is 2.14. The maximum absolute atomic E-state index is 5.73. The second-order valence-electron chi connectivity index (χ2n) is 4.28. The third-order valence-corrected chi connectivity index (χ3v) is 2.42. The molecule has 1 fully saturated rings. The molecule has 3 nitrogen and oxygen atoms in total. The summed E-state index contributed by atoms with van der Waals surface area (Å²) in [4.78, 5) is 2.31. The lowest BCUT2D eigenvalue weighted by Gasteiger charge is -2.27. The van der Waals surface area contributed by atoms with E-state index in [0.29, 0.717) is 0 Å². The van der Waals surface area contributed by atoms with Gasteiger partial charge in [-0.25, -0.2) is 0 Å². The summed E-state index contributed by atoms with van der Waals surface area (Å²) in [6, 6.07) is 0.273. The van der Waals surface area contributed by atoms with Gasteiger partial charge in [-0.15, -0.1) is 0 Å². The van der Waals surface area contributed by atoms with E-state index in [1.54, 1.807) is 0 Å². The van der Waals surface area contributed by atoms with E-state index in [1.807, 2.05) is 6.92 Å². The molecule has 0 aromatic rings. The van der Waals surface area contributed by atoms with Crippen LogP contribution in [0.15, 0.2) is 0 Å². The molecule has 2 N–H and O–H groups in total. The Balaban J connectivity index is 2.14. The molecule has 1 aliphatic rings. The first-order valence-electron chi connectivity index (χ1n) is 5.20. The first kappa shape index (κ1) is 11.0. The minimum atomic E-state index is 0.273. The summed E-state index contributed by atoms with van der Waals surface area (Å²) < 4.78 is 5.43. The average molecular weight is 186 g/mol. The van der Waals surface area contributed by atoms with Crippen LogP contribution in [0.5, 0.6) is 0 Å². The second kappa shape index (κ2) is 5.58. The van der Waals surface area contributed by atoms with Gasteiger partial charge in [-0.2, -0.15) is 0 Å². The topological polar surface area (TPSA) is 38.5 Å². The number of likely N-dealkylation sites (N-methyl/N-ethyl adjacent to an activating group) is 1. The molecule has 0 spiro atoms. The number of nitrogens with two attached hydrogens (primary N) is 1. The Morgan fingerprint density at radius 3 is 2.92 bits per heavy atom. The maximum Gasteiger partial charge on any atom is 0.0506 e. The van der Waals surface area contributed by atoms with Crippen LogP contribution in [0.4, 0.5) is 0 Å². The predicted molar refractivity (Wildman–Crippen MR) is 54.7 cm³/mol. The Morgan fingerprint density at radius 1 is 1.62 bits per heavy atom. The predicted octanol–water partition coefficient (Wildman–Crippen LogP) is 0.692. The van der Waals surface area contributed by atoms with Gasteiger partial charge in [0.2, 0.25) is 0 Å². The van der Waals surface area contributed by atoms with Crippen LogP contribution < -0.4 is 5.73 Å². The van der Waals surface area contributed by atoms with Crippen molar-refractivity contribution in [3.8, 4) is 0 Å². The molecule has 0 bridgehead atoms. The van der Waals surface area contributed by atoms with Crippen molar-refractivity contribution in [2.24, 2.45) is 11.7 Å². The van der Waals surface area contributed by atoms with Crippen LogP contribution in [0, 0.1) is 5.92 Å². The smallest absolute Gasteiger partial charge is 0.0506 e. The van der Waals surface area contributed by atoms with Crippen molar-refractivity contribution in [1.82, 2.24) is 4.90 Å². The number of rotatable bonds is 4. The number of nitrogens with zero attached hydrogens (tertiary/aromatic N) is 1. The van der Waals surface area contributed by atoms with Gasteiger partial charge >= 0.3 is 0 Å². The van der Waals surface area contributed by atoms with Crippen LogP contribution in [0.2, 0.25) is 0 Å². The van der Waals surface area contributed by atoms with Gasteiger partial charge in [0.15, 0.2) is 0 Å². The van der Waals surface area contributed by atoms with E-state index in [1.165, 1.54) is 12.8 Å². The monoisotopic (exact) mass is 186 g/mol. The van der Waals surface area contributed by atoms with Crippen molar-refractivity contribution in [3.05, 3.63) is 0 Å². The zero-order chi connectivity index (χ0) is 9.68. The first-order valence-corrected chi connectivity index (χ1v) is 5.20. The van der Waals surface area contributed by atoms with Crippen molar-refractivity contribution in [2.75, 3.05) is 33.4 Å². The van der Waals surface area contributed by atoms with Gasteiger partial charge in [-0.3, -0.25) is 0 Å². The summed E-state index contributed by atoms with van der Waals surface area (Å²) in [6.07, 6.45) is 2.53. The molecular formula is C10H22N2O. The molecule has 0 saturated carbocycles. The molecule has 0 aromatic heterocycles. The van der Waals surface area contributed by atoms with Gasteiger partial charge < -0.3 is 15.4 Å².